The maximum absolute atomic E-state index is 14.3. The molecule has 174 valence electrons. The standard InChI is InChI=1S/C23H23F2N3O5/c1-30-7-6-26-23(29)19-13-31-22(27-19)12-28(11-16-3-4-17(24)9-18(16)25)10-15-2-5-20-21(8-15)33-14-32-20/h2-5,8-9,13H,6-7,10-12,14H2,1H3,(H,26,29). The molecule has 1 aliphatic heterocycles. The molecule has 0 fully saturated rings. The lowest BCUT2D eigenvalue weighted by Crippen LogP contribution is -2.27. The quantitative estimate of drug-likeness (QED) is 0.466. The number of carbonyl (C=O) groups is 1. The van der Waals surface area contributed by atoms with Gasteiger partial charge in [0.1, 0.15) is 17.9 Å². The van der Waals surface area contributed by atoms with Crippen LogP contribution in [0.15, 0.2) is 47.1 Å². The molecule has 0 unspecified atom stereocenters. The molecule has 0 spiro atoms. The van der Waals surface area contributed by atoms with Gasteiger partial charge in [-0.15, -0.1) is 0 Å². The maximum Gasteiger partial charge on any atom is 0.273 e. The number of ether oxygens (including phenoxy) is 3. The molecular formula is C23H23F2N3O5. The van der Waals surface area contributed by atoms with Crippen LogP contribution in [-0.4, -0.2) is 42.8 Å². The Bertz CT molecular complexity index is 1120. The molecule has 0 radical (unpaired) electrons. The highest BCUT2D eigenvalue weighted by molar-refractivity contribution is 5.91. The van der Waals surface area contributed by atoms with Gasteiger partial charge < -0.3 is 23.9 Å². The SMILES string of the molecule is COCCNC(=O)c1coc(CN(Cc2ccc3c(c2)OCO3)Cc2ccc(F)cc2F)n1. The molecule has 1 N–H and O–H groups in total. The van der Waals surface area contributed by atoms with E-state index >= 15 is 0 Å². The van der Waals surface area contributed by atoms with Crippen molar-refractivity contribution >= 4 is 5.91 Å². The lowest BCUT2D eigenvalue weighted by molar-refractivity contribution is 0.0932. The van der Waals surface area contributed by atoms with Gasteiger partial charge >= 0.3 is 0 Å². The predicted octanol–water partition coefficient (Wildman–Crippen LogP) is 3.26. The number of rotatable bonds is 10. The van der Waals surface area contributed by atoms with E-state index in [9.17, 15) is 13.6 Å². The fourth-order valence-electron chi connectivity index (χ4n) is 3.39. The number of nitrogens with one attached hydrogen (secondary N) is 1. The Morgan fingerprint density at radius 1 is 1.12 bits per heavy atom. The Morgan fingerprint density at radius 2 is 1.97 bits per heavy atom. The number of fused-ring (bicyclic) bond motifs is 1. The third-order valence-electron chi connectivity index (χ3n) is 4.99. The highest BCUT2D eigenvalue weighted by atomic mass is 19.1. The number of oxazole rings is 1. The average molecular weight is 459 g/mol. The molecule has 0 atom stereocenters. The van der Waals surface area contributed by atoms with E-state index in [-0.39, 0.29) is 37.4 Å². The number of halogens is 2. The third kappa shape index (κ3) is 5.85. The monoisotopic (exact) mass is 459 g/mol. The molecule has 1 aliphatic rings. The lowest BCUT2D eigenvalue weighted by Gasteiger charge is -2.21. The summed E-state index contributed by atoms with van der Waals surface area (Å²) >= 11 is 0. The van der Waals surface area contributed by atoms with Crippen molar-refractivity contribution in [2.45, 2.75) is 19.6 Å². The number of amides is 1. The second kappa shape index (κ2) is 10.4. The van der Waals surface area contributed by atoms with Crippen molar-refractivity contribution in [2.24, 2.45) is 0 Å². The van der Waals surface area contributed by atoms with Gasteiger partial charge in [-0.1, -0.05) is 12.1 Å². The van der Waals surface area contributed by atoms with Crippen LogP contribution in [0.2, 0.25) is 0 Å². The van der Waals surface area contributed by atoms with Crippen molar-refractivity contribution in [1.82, 2.24) is 15.2 Å². The van der Waals surface area contributed by atoms with E-state index in [0.717, 1.165) is 11.6 Å². The van der Waals surface area contributed by atoms with Crippen LogP contribution in [-0.2, 0) is 24.4 Å². The molecule has 0 saturated heterocycles. The summed E-state index contributed by atoms with van der Waals surface area (Å²) in [6, 6.07) is 9.00. The molecule has 1 aromatic heterocycles. The number of hydrogen-bond acceptors (Lipinski definition) is 7. The Hall–Kier alpha value is -3.50. The van der Waals surface area contributed by atoms with Crippen LogP contribution >= 0.6 is 0 Å². The van der Waals surface area contributed by atoms with Crippen LogP contribution in [0, 0.1) is 11.6 Å². The first-order chi connectivity index (χ1) is 16.0. The number of aromatic nitrogens is 1. The second-order valence-electron chi connectivity index (χ2n) is 7.44. The molecule has 3 aromatic rings. The minimum atomic E-state index is -0.643. The first-order valence-corrected chi connectivity index (χ1v) is 10.3. The van der Waals surface area contributed by atoms with Crippen LogP contribution in [0.4, 0.5) is 8.78 Å². The van der Waals surface area contributed by atoms with E-state index in [2.05, 4.69) is 10.3 Å². The number of hydrogen-bond donors (Lipinski definition) is 1. The number of nitrogens with zero attached hydrogens (tertiary/aromatic N) is 2. The van der Waals surface area contributed by atoms with Crippen molar-refractivity contribution in [3.63, 3.8) is 0 Å². The second-order valence-corrected chi connectivity index (χ2v) is 7.44. The van der Waals surface area contributed by atoms with Crippen molar-refractivity contribution in [3.8, 4) is 11.5 Å². The highest BCUT2D eigenvalue weighted by Crippen LogP contribution is 2.33. The molecule has 0 saturated carbocycles. The summed E-state index contributed by atoms with van der Waals surface area (Å²) in [5, 5.41) is 2.67. The van der Waals surface area contributed by atoms with Crippen LogP contribution in [0.25, 0.3) is 0 Å². The summed E-state index contributed by atoms with van der Waals surface area (Å²) in [4.78, 5) is 18.3. The highest BCUT2D eigenvalue weighted by Gasteiger charge is 2.19. The van der Waals surface area contributed by atoms with Crippen molar-refractivity contribution in [3.05, 3.63) is 77.0 Å². The van der Waals surface area contributed by atoms with Gasteiger partial charge in [-0.3, -0.25) is 9.69 Å². The molecule has 1 amide bonds. The average Bonchev–Trinajstić information content (AvgIpc) is 3.45. The van der Waals surface area contributed by atoms with E-state index in [1.54, 1.807) is 7.11 Å². The Labute approximate surface area is 189 Å². The topological polar surface area (TPSA) is 86.1 Å². The van der Waals surface area contributed by atoms with E-state index in [4.69, 9.17) is 18.6 Å². The third-order valence-corrected chi connectivity index (χ3v) is 4.99. The van der Waals surface area contributed by atoms with Crippen molar-refractivity contribution < 1.29 is 32.2 Å². The zero-order valence-electron chi connectivity index (χ0n) is 18.0. The van der Waals surface area contributed by atoms with Crippen molar-refractivity contribution in [2.75, 3.05) is 27.1 Å². The van der Waals surface area contributed by atoms with Gasteiger partial charge in [0.15, 0.2) is 17.2 Å². The zero-order chi connectivity index (χ0) is 23.2. The molecule has 4 rings (SSSR count). The smallest absolute Gasteiger partial charge is 0.273 e. The van der Waals surface area contributed by atoms with Gasteiger partial charge in [-0.25, -0.2) is 13.8 Å². The Morgan fingerprint density at radius 3 is 2.79 bits per heavy atom. The molecule has 10 heteroatoms. The fraction of sp³-hybridized carbons (Fsp3) is 0.304. The van der Waals surface area contributed by atoms with Crippen molar-refractivity contribution in [1.29, 1.82) is 0 Å². The maximum atomic E-state index is 14.3. The van der Waals surface area contributed by atoms with E-state index < -0.39 is 11.6 Å². The molecular weight excluding hydrogens is 436 g/mol. The van der Waals surface area contributed by atoms with Gasteiger partial charge in [0.25, 0.3) is 5.91 Å². The fourth-order valence-corrected chi connectivity index (χ4v) is 3.39. The van der Waals surface area contributed by atoms with Gasteiger partial charge in [-0.2, -0.15) is 0 Å². The molecule has 0 bridgehead atoms. The Balaban J connectivity index is 1.50. The predicted molar refractivity (Wildman–Crippen MR) is 113 cm³/mol. The van der Waals surface area contributed by atoms with E-state index in [1.165, 1.54) is 18.4 Å². The van der Waals surface area contributed by atoms with Gasteiger partial charge in [0.05, 0.1) is 13.2 Å². The van der Waals surface area contributed by atoms with Crippen LogP contribution in [0.5, 0.6) is 11.5 Å². The number of carbonyl (C=O) groups excluding carboxylic acids is 1. The number of methoxy groups -OCH3 is 1. The summed E-state index contributed by atoms with van der Waals surface area (Å²) < 4.78 is 48.8. The van der Waals surface area contributed by atoms with Gasteiger partial charge in [0.2, 0.25) is 12.7 Å². The summed E-state index contributed by atoms with van der Waals surface area (Å²) in [7, 11) is 1.54. The minimum absolute atomic E-state index is 0.136. The number of benzene rings is 2. The molecule has 0 aliphatic carbocycles. The first kappa shape index (κ1) is 22.7. The molecule has 8 nitrogen and oxygen atoms in total. The van der Waals surface area contributed by atoms with Gasteiger partial charge in [-0.05, 0) is 23.8 Å². The summed E-state index contributed by atoms with van der Waals surface area (Å²) in [5.41, 5.74) is 1.35. The van der Waals surface area contributed by atoms with Crippen LogP contribution in [0.3, 0.4) is 0 Å². The minimum Gasteiger partial charge on any atom is -0.454 e. The first-order valence-electron chi connectivity index (χ1n) is 10.3. The molecule has 2 aromatic carbocycles. The lowest BCUT2D eigenvalue weighted by atomic mass is 10.1. The summed E-state index contributed by atoms with van der Waals surface area (Å²) in [6.07, 6.45) is 1.27. The molecule has 2 heterocycles. The molecule has 33 heavy (non-hydrogen) atoms. The van der Waals surface area contributed by atoms with Crippen LogP contribution < -0.4 is 14.8 Å². The summed E-state index contributed by atoms with van der Waals surface area (Å²) in [6.45, 7) is 1.63. The largest absolute Gasteiger partial charge is 0.454 e. The van der Waals surface area contributed by atoms with E-state index in [1.807, 2.05) is 23.1 Å². The van der Waals surface area contributed by atoms with Gasteiger partial charge in [0, 0.05) is 38.4 Å². The van der Waals surface area contributed by atoms with Crippen LogP contribution in [0.1, 0.15) is 27.5 Å². The zero-order valence-corrected chi connectivity index (χ0v) is 18.0. The van der Waals surface area contributed by atoms with E-state index in [0.29, 0.717) is 36.8 Å². The normalized spacial score (nSPS) is 12.4. The summed E-state index contributed by atoms with van der Waals surface area (Å²) in [5.74, 6) is -0.0888. The Kier molecular flexibility index (Phi) is 7.16.